The molecule has 0 bridgehead atoms. The van der Waals surface area contributed by atoms with E-state index < -0.39 is 0 Å². The van der Waals surface area contributed by atoms with Crippen LogP contribution in [0.2, 0.25) is 0 Å². The van der Waals surface area contributed by atoms with E-state index in [9.17, 15) is 0 Å². The Labute approximate surface area is 125 Å². The standard InChI is InChI=1S/C16H13BrOS/c1-18-15-7-6-11(9-14(15)17)8-13-10-12-4-2-3-5-16(12)19-13/h2-7,9-10H,8H2,1H3. The molecule has 1 heterocycles. The third-order valence-electron chi connectivity index (χ3n) is 3.07. The quantitative estimate of drug-likeness (QED) is 0.635. The van der Waals surface area contributed by atoms with Crippen LogP contribution in [-0.2, 0) is 6.42 Å². The van der Waals surface area contributed by atoms with Crippen LogP contribution in [0.5, 0.6) is 5.75 Å². The summed E-state index contributed by atoms with van der Waals surface area (Å²) in [6.07, 6.45) is 0.960. The Morgan fingerprint density at radius 2 is 1.95 bits per heavy atom. The van der Waals surface area contributed by atoms with Crippen LogP contribution in [0.1, 0.15) is 10.4 Å². The van der Waals surface area contributed by atoms with Crippen LogP contribution in [0.4, 0.5) is 0 Å². The Morgan fingerprint density at radius 1 is 1.11 bits per heavy atom. The zero-order valence-corrected chi connectivity index (χ0v) is 12.9. The summed E-state index contributed by atoms with van der Waals surface area (Å²) in [6, 6.07) is 17.0. The van der Waals surface area contributed by atoms with Gasteiger partial charge in [-0.1, -0.05) is 24.3 Å². The van der Waals surface area contributed by atoms with Gasteiger partial charge in [-0.3, -0.25) is 0 Å². The number of methoxy groups -OCH3 is 1. The Hall–Kier alpha value is -1.32. The van der Waals surface area contributed by atoms with E-state index >= 15 is 0 Å². The molecule has 0 N–H and O–H groups in total. The highest BCUT2D eigenvalue weighted by Gasteiger charge is 2.05. The topological polar surface area (TPSA) is 9.23 Å². The summed E-state index contributed by atoms with van der Waals surface area (Å²) in [4.78, 5) is 1.39. The summed E-state index contributed by atoms with van der Waals surface area (Å²) < 4.78 is 7.61. The van der Waals surface area contributed by atoms with Gasteiger partial charge in [0.2, 0.25) is 0 Å². The van der Waals surface area contributed by atoms with E-state index in [0.29, 0.717) is 0 Å². The molecule has 0 saturated heterocycles. The molecule has 1 aromatic heterocycles. The monoisotopic (exact) mass is 332 g/mol. The third kappa shape index (κ3) is 2.67. The normalized spacial score (nSPS) is 10.8. The van der Waals surface area contributed by atoms with Gasteiger partial charge in [0.05, 0.1) is 11.6 Å². The first-order chi connectivity index (χ1) is 9.26. The fourth-order valence-corrected chi connectivity index (χ4v) is 3.83. The summed E-state index contributed by atoms with van der Waals surface area (Å²) in [5.41, 5.74) is 1.29. The predicted octanol–water partition coefficient (Wildman–Crippen LogP) is 5.26. The number of hydrogen-bond acceptors (Lipinski definition) is 2. The Balaban J connectivity index is 1.90. The second-order valence-electron chi connectivity index (χ2n) is 4.40. The minimum Gasteiger partial charge on any atom is -0.496 e. The molecule has 96 valence electrons. The van der Waals surface area contributed by atoms with Crippen LogP contribution in [0.15, 0.2) is 53.0 Å². The lowest BCUT2D eigenvalue weighted by atomic mass is 10.1. The van der Waals surface area contributed by atoms with Crippen LogP contribution >= 0.6 is 27.3 Å². The number of fused-ring (bicyclic) bond motifs is 1. The Morgan fingerprint density at radius 3 is 2.68 bits per heavy atom. The first-order valence-electron chi connectivity index (χ1n) is 6.06. The molecule has 0 saturated carbocycles. The van der Waals surface area contributed by atoms with Crippen molar-refractivity contribution < 1.29 is 4.74 Å². The maximum absolute atomic E-state index is 5.25. The van der Waals surface area contributed by atoms with E-state index in [1.54, 1.807) is 7.11 Å². The first kappa shape index (κ1) is 12.7. The molecule has 0 fully saturated rings. The third-order valence-corrected chi connectivity index (χ3v) is 4.81. The highest BCUT2D eigenvalue weighted by Crippen LogP contribution is 2.30. The highest BCUT2D eigenvalue weighted by molar-refractivity contribution is 9.10. The summed E-state index contributed by atoms with van der Waals surface area (Å²) in [7, 11) is 1.69. The van der Waals surface area contributed by atoms with Gasteiger partial charge in [-0.15, -0.1) is 11.3 Å². The van der Waals surface area contributed by atoms with Gasteiger partial charge in [-0.25, -0.2) is 0 Å². The molecule has 0 spiro atoms. The minimum atomic E-state index is 0.875. The van der Waals surface area contributed by atoms with Gasteiger partial charge in [0.15, 0.2) is 0 Å². The van der Waals surface area contributed by atoms with Gasteiger partial charge in [-0.2, -0.15) is 0 Å². The fraction of sp³-hybridized carbons (Fsp3) is 0.125. The summed E-state index contributed by atoms with van der Waals surface area (Å²) >= 11 is 5.40. The SMILES string of the molecule is COc1ccc(Cc2cc3ccccc3s2)cc1Br. The van der Waals surface area contributed by atoms with Gasteiger partial charge in [0.1, 0.15) is 5.75 Å². The maximum Gasteiger partial charge on any atom is 0.133 e. The van der Waals surface area contributed by atoms with Crippen LogP contribution in [0.25, 0.3) is 10.1 Å². The second kappa shape index (κ2) is 5.35. The van der Waals surface area contributed by atoms with Crippen molar-refractivity contribution >= 4 is 37.4 Å². The van der Waals surface area contributed by atoms with Crippen molar-refractivity contribution in [2.24, 2.45) is 0 Å². The lowest BCUT2D eigenvalue weighted by Crippen LogP contribution is -1.88. The minimum absolute atomic E-state index is 0.875. The first-order valence-corrected chi connectivity index (χ1v) is 7.67. The van der Waals surface area contributed by atoms with Gasteiger partial charge >= 0.3 is 0 Å². The van der Waals surface area contributed by atoms with E-state index in [0.717, 1.165) is 16.6 Å². The number of halogens is 1. The van der Waals surface area contributed by atoms with E-state index in [4.69, 9.17) is 4.74 Å². The van der Waals surface area contributed by atoms with Gasteiger partial charge in [0, 0.05) is 16.0 Å². The molecule has 0 aliphatic carbocycles. The van der Waals surface area contributed by atoms with Crippen molar-refractivity contribution in [3.8, 4) is 5.75 Å². The van der Waals surface area contributed by atoms with Crippen molar-refractivity contribution in [2.45, 2.75) is 6.42 Å². The summed E-state index contributed by atoms with van der Waals surface area (Å²) in [5.74, 6) is 0.875. The molecule has 1 nitrogen and oxygen atoms in total. The predicted molar refractivity (Wildman–Crippen MR) is 85.3 cm³/mol. The molecule has 3 heteroatoms. The number of hydrogen-bond donors (Lipinski definition) is 0. The van der Waals surface area contributed by atoms with Crippen molar-refractivity contribution in [2.75, 3.05) is 7.11 Å². The number of ether oxygens (including phenoxy) is 1. The van der Waals surface area contributed by atoms with Crippen LogP contribution in [0, 0.1) is 0 Å². The van der Waals surface area contributed by atoms with E-state index in [2.05, 4.69) is 58.4 Å². The van der Waals surface area contributed by atoms with E-state index in [1.807, 2.05) is 17.4 Å². The molecule has 0 radical (unpaired) electrons. The van der Waals surface area contributed by atoms with Crippen molar-refractivity contribution in [1.82, 2.24) is 0 Å². The molecule has 3 rings (SSSR count). The average molecular weight is 333 g/mol. The molecule has 2 aromatic carbocycles. The molecular weight excluding hydrogens is 320 g/mol. The number of rotatable bonds is 3. The smallest absolute Gasteiger partial charge is 0.133 e. The number of thiophene rings is 1. The lowest BCUT2D eigenvalue weighted by molar-refractivity contribution is 0.412. The van der Waals surface area contributed by atoms with Crippen LogP contribution in [0.3, 0.4) is 0 Å². The van der Waals surface area contributed by atoms with Crippen LogP contribution < -0.4 is 4.74 Å². The van der Waals surface area contributed by atoms with Gasteiger partial charge < -0.3 is 4.74 Å². The molecule has 0 unspecified atom stereocenters. The molecule has 0 amide bonds. The Bertz CT molecular complexity index is 685. The maximum atomic E-state index is 5.25. The zero-order valence-electron chi connectivity index (χ0n) is 10.5. The largest absolute Gasteiger partial charge is 0.496 e. The van der Waals surface area contributed by atoms with Crippen molar-refractivity contribution in [3.05, 3.63) is 63.4 Å². The van der Waals surface area contributed by atoms with Gasteiger partial charge in [0.25, 0.3) is 0 Å². The second-order valence-corrected chi connectivity index (χ2v) is 6.42. The van der Waals surface area contributed by atoms with Crippen molar-refractivity contribution in [3.63, 3.8) is 0 Å². The van der Waals surface area contributed by atoms with E-state index in [-0.39, 0.29) is 0 Å². The molecular formula is C16H13BrOS. The molecule has 0 atom stereocenters. The average Bonchev–Trinajstić information content (AvgIpc) is 2.81. The molecule has 19 heavy (non-hydrogen) atoms. The Kier molecular flexibility index (Phi) is 3.58. The lowest BCUT2D eigenvalue weighted by Gasteiger charge is -2.05. The van der Waals surface area contributed by atoms with Gasteiger partial charge in [-0.05, 0) is 51.1 Å². The van der Waals surface area contributed by atoms with Crippen LogP contribution in [-0.4, -0.2) is 7.11 Å². The fourth-order valence-electron chi connectivity index (χ4n) is 2.15. The number of benzene rings is 2. The summed E-state index contributed by atoms with van der Waals surface area (Å²) in [5, 5.41) is 1.33. The highest BCUT2D eigenvalue weighted by atomic mass is 79.9. The molecule has 0 aliphatic heterocycles. The zero-order chi connectivity index (χ0) is 13.2. The summed E-state index contributed by atoms with van der Waals surface area (Å²) in [6.45, 7) is 0. The van der Waals surface area contributed by atoms with E-state index in [1.165, 1.54) is 20.5 Å². The molecule has 3 aromatic rings. The molecule has 0 aliphatic rings. The van der Waals surface area contributed by atoms with Crippen molar-refractivity contribution in [1.29, 1.82) is 0 Å².